The Balaban J connectivity index is 1.83. The largest absolute Gasteiger partial charge is 0.423 e. The van der Waals surface area contributed by atoms with Crippen LogP contribution in [0.25, 0.3) is 21.4 Å². The van der Waals surface area contributed by atoms with Crippen LogP contribution in [0.3, 0.4) is 0 Å². The van der Waals surface area contributed by atoms with Crippen LogP contribution in [-0.4, -0.2) is 15.9 Å². The zero-order chi connectivity index (χ0) is 26.2. The number of hydrogen-bond acceptors (Lipinski definition) is 5. The number of halogens is 4. The Morgan fingerprint density at radius 3 is 2.59 bits per heavy atom. The molecule has 0 N–H and O–H groups in total. The van der Waals surface area contributed by atoms with Crippen LogP contribution >= 0.6 is 22.9 Å². The van der Waals surface area contributed by atoms with Gasteiger partial charge in [-0.1, -0.05) is 48.9 Å². The third-order valence-electron chi connectivity index (χ3n) is 6.36. The van der Waals surface area contributed by atoms with Gasteiger partial charge in [0, 0.05) is 17.8 Å². The number of aromatic nitrogens is 2. The highest BCUT2D eigenvalue weighted by Crippen LogP contribution is 2.48. The number of nitrogens with zero attached hydrogens (tertiary/aromatic N) is 2. The van der Waals surface area contributed by atoms with Crippen LogP contribution in [0.5, 0.6) is 5.75 Å². The van der Waals surface area contributed by atoms with Gasteiger partial charge >= 0.3 is 12.1 Å². The summed E-state index contributed by atoms with van der Waals surface area (Å²) in [7, 11) is 0. The van der Waals surface area contributed by atoms with Crippen LogP contribution in [0, 0.1) is 5.92 Å². The summed E-state index contributed by atoms with van der Waals surface area (Å²) >= 11 is 8.00. The van der Waals surface area contributed by atoms with Gasteiger partial charge in [0.05, 0.1) is 32.0 Å². The van der Waals surface area contributed by atoms with Gasteiger partial charge in [-0.3, -0.25) is 4.98 Å². The molecule has 1 aliphatic rings. The van der Waals surface area contributed by atoms with Gasteiger partial charge in [0.1, 0.15) is 5.75 Å². The first-order chi connectivity index (χ1) is 17.8. The van der Waals surface area contributed by atoms with Crippen molar-refractivity contribution in [2.75, 3.05) is 0 Å². The molecule has 0 atom stereocenters. The second-order valence-electron chi connectivity index (χ2n) is 8.62. The van der Waals surface area contributed by atoms with Crippen molar-refractivity contribution < 1.29 is 22.7 Å². The molecule has 0 saturated heterocycles. The van der Waals surface area contributed by atoms with Gasteiger partial charge in [-0.15, -0.1) is 11.3 Å². The van der Waals surface area contributed by atoms with E-state index >= 15 is 0 Å². The molecule has 1 fully saturated rings. The maximum atomic E-state index is 13.4. The van der Waals surface area contributed by atoms with Crippen LogP contribution in [-0.2, 0) is 11.0 Å². The summed E-state index contributed by atoms with van der Waals surface area (Å²) in [5.41, 5.74) is 4.63. The molecule has 0 amide bonds. The van der Waals surface area contributed by atoms with Crippen LogP contribution < -0.4 is 4.74 Å². The summed E-state index contributed by atoms with van der Waals surface area (Å²) in [6.45, 7) is 3.48. The number of allylic oxidation sites excluding steroid dienone is 1. The first kappa shape index (κ1) is 25.2. The first-order valence-corrected chi connectivity index (χ1v) is 12.8. The maximum absolute atomic E-state index is 13.4. The number of hydrogen-bond donors (Lipinski definition) is 0. The summed E-state index contributed by atoms with van der Waals surface area (Å²) in [5, 5.41) is -0.0930. The molecule has 0 bridgehead atoms. The number of fused-ring (bicyclic) bond motifs is 1. The molecular weight excluding hydrogens is 521 g/mol. The number of esters is 1. The Morgan fingerprint density at radius 2 is 1.92 bits per heavy atom. The quantitative estimate of drug-likeness (QED) is 0.140. The molecule has 5 rings (SSSR count). The fourth-order valence-electron chi connectivity index (χ4n) is 4.39. The number of para-hydroxylation sites is 1. The molecule has 0 unspecified atom stereocenters. The molecule has 2 aromatic heterocycles. The number of thiazole rings is 1. The van der Waals surface area contributed by atoms with E-state index in [2.05, 4.69) is 16.5 Å². The number of alkyl halides is 3. The summed E-state index contributed by atoms with van der Waals surface area (Å²) in [5.74, 6) is -0.329. The van der Waals surface area contributed by atoms with Gasteiger partial charge in [0.15, 0.2) is 0 Å². The van der Waals surface area contributed by atoms with Crippen molar-refractivity contribution in [3.05, 3.63) is 100 Å². The standard InChI is InChI=1S/C28H20ClF3N2O2S/c1-2-24(35)36-22-9-4-3-8-19(22)25(17-10-11-23-21(12-17)34-15-37-23)26(16-6-5-7-16)27-20(29)13-18(14-33-27)28(30,31)32/h2-4,8-16H,1,5-7H2/b26-25+. The Kier molecular flexibility index (Phi) is 6.88. The molecule has 1 saturated carbocycles. The van der Waals surface area contributed by atoms with Crippen LogP contribution in [0.15, 0.2) is 72.9 Å². The fraction of sp³-hybridized carbons (Fsp3) is 0.179. The van der Waals surface area contributed by atoms with Crippen molar-refractivity contribution in [2.45, 2.75) is 25.4 Å². The number of benzene rings is 2. The van der Waals surface area contributed by atoms with E-state index in [-0.39, 0.29) is 16.6 Å². The van der Waals surface area contributed by atoms with E-state index in [4.69, 9.17) is 16.3 Å². The molecule has 0 spiro atoms. The lowest BCUT2D eigenvalue weighted by Gasteiger charge is -2.31. The zero-order valence-electron chi connectivity index (χ0n) is 19.4. The summed E-state index contributed by atoms with van der Waals surface area (Å²) in [4.78, 5) is 20.8. The lowest BCUT2D eigenvalue weighted by atomic mass is 9.74. The van der Waals surface area contributed by atoms with E-state index in [0.717, 1.165) is 53.4 Å². The zero-order valence-corrected chi connectivity index (χ0v) is 21.0. The molecule has 0 radical (unpaired) electrons. The van der Waals surface area contributed by atoms with Crippen molar-refractivity contribution in [3.63, 3.8) is 0 Å². The molecule has 9 heteroatoms. The number of rotatable bonds is 6. The predicted octanol–water partition coefficient (Wildman–Crippen LogP) is 8.21. The van der Waals surface area contributed by atoms with Crippen molar-refractivity contribution in [1.82, 2.24) is 9.97 Å². The second kappa shape index (κ2) is 10.1. The predicted molar refractivity (Wildman–Crippen MR) is 139 cm³/mol. The minimum atomic E-state index is -4.57. The molecule has 2 aromatic carbocycles. The SMILES string of the molecule is C=CC(=O)Oc1ccccc1/C(=C(/c1ncc(C(F)(F)F)cc1Cl)C1CCC1)c1ccc2scnc2c1. The van der Waals surface area contributed by atoms with Gasteiger partial charge in [-0.2, -0.15) is 13.2 Å². The van der Waals surface area contributed by atoms with Gasteiger partial charge in [-0.25, -0.2) is 9.78 Å². The van der Waals surface area contributed by atoms with Gasteiger partial charge in [0.2, 0.25) is 0 Å². The molecule has 188 valence electrons. The van der Waals surface area contributed by atoms with Crippen molar-refractivity contribution >= 4 is 50.3 Å². The lowest BCUT2D eigenvalue weighted by Crippen LogP contribution is -2.17. The Hall–Kier alpha value is -3.49. The summed E-state index contributed by atoms with van der Waals surface area (Å²) in [6, 6.07) is 13.7. The van der Waals surface area contributed by atoms with E-state index in [9.17, 15) is 18.0 Å². The molecular formula is C28H20ClF3N2O2S. The van der Waals surface area contributed by atoms with Gasteiger partial charge in [-0.05, 0) is 59.7 Å². The van der Waals surface area contributed by atoms with Gasteiger partial charge in [0.25, 0.3) is 0 Å². The maximum Gasteiger partial charge on any atom is 0.417 e. The molecule has 1 aliphatic carbocycles. The highest BCUT2D eigenvalue weighted by Gasteiger charge is 2.34. The monoisotopic (exact) mass is 540 g/mol. The highest BCUT2D eigenvalue weighted by atomic mass is 35.5. The lowest BCUT2D eigenvalue weighted by molar-refractivity contribution is -0.137. The molecule has 4 nitrogen and oxygen atoms in total. The Morgan fingerprint density at radius 1 is 1.14 bits per heavy atom. The number of carbonyl (C=O) groups is 1. The highest BCUT2D eigenvalue weighted by molar-refractivity contribution is 7.16. The molecule has 4 aromatic rings. The van der Waals surface area contributed by atoms with Crippen LogP contribution in [0.1, 0.15) is 41.6 Å². The topological polar surface area (TPSA) is 52.1 Å². The van der Waals surface area contributed by atoms with E-state index in [1.165, 1.54) is 11.3 Å². The Bertz CT molecular complexity index is 1540. The fourth-order valence-corrected chi connectivity index (χ4v) is 5.31. The Labute approximate surface area is 220 Å². The normalized spacial score (nSPS) is 14.7. The smallest absolute Gasteiger partial charge is 0.417 e. The van der Waals surface area contributed by atoms with E-state index in [0.29, 0.717) is 22.5 Å². The number of carbonyl (C=O) groups excluding carboxylic acids is 1. The van der Waals surface area contributed by atoms with Crippen LogP contribution in [0.4, 0.5) is 13.2 Å². The van der Waals surface area contributed by atoms with E-state index in [1.54, 1.807) is 17.6 Å². The minimum absolute atomic E-state index is 0.00558. The van der Waals surface area contributed by atoms with E-state index < -0.39 is 17.7 Å². The van der Waals surface area contributed by atoms with E-state index in [1.807, 2.05) is 30.3 Å². The minimum Gasteiger partial charge on any atom is -0.423 e. The number of ether oxygens (including phenoxy) is 1. The summed E-state index contributed by atoms with van der Waals surface area (Å²) in [6.07, 6.45) is -0.0678. The first-order valence-electron chi connectivity index (χ1n) is 11.5. The van der Waals surface area contributed by atoms with Crippen molar-refractivity contribution in [1.29, 1.82) is 0 Å². The van der Waals surface area contributed by atoms with Gasteiger partial charge < -0.3 is 4.74 Å². The second-order valence-corrected chi connectivity index (χ2v) is 9.92. The molecule has 0 aliphatic heterocycles. The van der Waals surface area contributed by atoms with Crippen LogP contribution in [0.2, 0.25) is 5.02 Å². The number of pyridine rings is 1. The average Bonchev–Trinajstić information content (AvgIpc) is 3.31. The van der Waals surface area contributed by atoms with Crippen molar-refractivity contribution in [2.24, 2.45) is 5.92 Å². The third-order valence-corrected chi connectivity index (χ3v) is 7.46. The summed E-state index contributed by atoms with van der Waals surface area (Å²) < 4.78 is 46.7. The van der Waals surface area contributed by atoms with Crippen molar-refractivity contribution in [3.8, 4) is 5.75 Å². The molecule has 37 heavy (non-hydrogen) atoms. The molecule has 2 heterocycles. The third kappa shape index (κ3) is 5.04. The average molecular weight is 541 g/mol.